The fourth-order valence-corrected chi connectivity index (χ4v) is 1.67. The third-order valence-corrected chi connectivity index (χ3v) is 2.64. The highest BCUT2D eigenvalue weighted by atomic mass is 31.2. The van der Waals surface area contributed by atoms with Crippen molar-refractivity contribution in [1.29, 1.82) is 0 Å². The van der Waals surface area contributed by atoms with Gasteiger partial charge < -0.3 is 30.0 Å². The van der Waals surface area contributed by atoms with Gasteiger partial charge in [-0.05, 0) is 23.6 Å². The molecule has 0 amide bonds. The Labute approximate surface area is 137 Å². The Morgan fingerprint density at radius 2 is 1.17 bits per heavy atom. The van der Waals surface area contributed by atoms with E-state index in [0.29, 0.717) is 11.1 Å². The normalized spacial score (nSPS) is 10.1. The number of phenolic OH excluding ortho intramolecular Hbond substituents is 3. The van der Waals surface area contributed by atoms with Crippen LogP contribution in [0.5, 0.6) is 17.2 Å². The minimum absolute atomic E-state index is 0.0481. The summed E-state index contributed by atoms with van der Waals surface area (Å²) in [6.45, 7) is 0. The van der Waals surface area contributed by atoms with Gasteiger partial charge in [-0.1, -0.05) is 48.5 Å². The third kappa shape index (κ3) is 7.62. The molecule has 3 aromatic carbocycles. The molecular formula is C16H17O7P. The summed E-state index contributed by atoms with van der Waals surface area (Å²) >= 11 is 0. The van der Waals surface area contributed by atoms with Gasteiger partial charge in [-0.25, -0.2) is 4.57 Å². The van der Waals surface area contributed by atoms with Gasteiger partial charge in [0, 0.05) is 5.39 Å². The SMILES string of the molecule is O=P(O)(O)O.Oc1ccc2ccccc2c1O.Oc1ccccc1. The molecule has 0 aliphatic heterocycles. The molecule has 3 aromatic rings. The summed E-state index contributed by atoms with van der Waals surface area (Å²) < 4.78 is 8.88. The van der Waals surface area contributed by atoms with Crippen LogP contribution in [0.1, 0.15) is 0 Å². The molecule has 24 heavy (non-hydrogen) atoms. The molecule has 0 unspecified atom stereocenters. The van der Waals surface area contributed by atoms with Gasteiger partial charge in [0.05, 0.1) is 0 Å². The molecule has 8 heteroatoms. The zero-order valence-corrected chi connectivity index (χ0v) is 13.3. The van der Waals surface area contributed by atoms with Crippen LogP contribution in [0.4, 0.5) is 0 Å². The third-order valence-electron chi connectivity index (χ3n) is 2.64. The Morgan fingerprint density at radius 1 is 0.667 bits per heavy atom. The zero-order chi connectivity index (χ0) is 18.2. The number of para-hydroxylation sites is 1. The van der Waals surface area contributed by atoms with Crippen LogP contribution in [0.3, 0.4) is 0 Å². The van der Waals surface area contributed by atoms with E-state index in [1.54, 1.807) is 36.4 Å². The standard InChI is InChI=1S/C10H8O2.C6H6O.H3O4P/c11-9-6-5-7-3-1-2-4-8(7)10(9)12;7-6-4-2-1-3-5-6;1-5(2,3)4/h1-6,11-12H;1-5,7H;(H3,1,2,3,4). The summed E-state index contributed by atoms with van der Waals surface area (Å²) in [4.78, 5) is 21.6. The first-order valence-corrected chi connectivity index (χ1v) is 8.17. The van der Waals surface area contributed by atoms with Crippen LogP contribution >= 0.6 is 7.82 Å². The maximum atomic E-state index is 9.41. The van der Waals surface area contributed by atoms with Crippen LogP contribution in [0.15, 0.2) is 66.7 Å². The predicted octanol–water partition coefficient (Wildman–Crippen LogP) is 2.71. The van der Waals surface area contributed by atoms with E-state index >= 15 is 0 Å². The fraction of sp³-hybridized carbons (Fsp3) is 0. The smallest absolute Gasteiger partial charge is 0.466 e. The maximum Gasteiger partial charge on any atom is 0.466 e. The summed E-state index contributed by atoms with van der Waals surface area (Å²) in [5.41, 5.74) is 0. The van der Waals surface area contributed by atoms with E-state index in [4.69, 9.17) is 29.5 Å². The van der Waals surface area contributed by atoms with Crippen LogP contribution in [0.25, 0.3) is 10.8 Å². The summed E-state index contributed by atoms with van der Waals surface area (Å²) in [5, 5.41) is 28.8. The van der Waals surface area contributed by atoms with Crippen LogP contribution in [0, 0.1) is 0 Å². The average molecular weight is 352 g/mol. The summed E-state index contributed by atoms with van der Waals surface area (Å²) in [6, 6.07) is 19.3. The number of benzene rings is 3. The van der Waals surface area contributed by atoms with Crippen molar-refractivity contribution in [3.05, 3.63) is 66.7 Å². The summed E-state index contributed by atoms with van der Waals surface area (Å²) in [6.07, 6.45) is 0. The Kier molecular flexibility index (Phi) is 7.23. The number of rotatable bonds is 0. The van der Waals surface area contributed by atoms with Gasteiger partial charge in [-0.2, -0.15) is 0 Å². The molecule has 6 N–H and O–H groups in total. The van der Waals surface area contributed by atoms with Crippen molar-refractivity contribution in [2.45, 2.75) is 0 Å². The monoisotopic (exact) mass is 352 g/mol. The fourth-order valence-electron chi connectivity index (χ4n) is 1.67. The first kappa shape index (κ1) is 19.5. The van der Waals surface area contributed by atoms with E-state index in [0.717, 1.165) is 5.39 Å². The second-order valence-electron chi connectivity index (χ2n) is 4.50. The van der Waals surface area contributed by atoms with Crippen molar-refractivity contribution in [1.82, 2.24) is 0 Å². The van der Waals surface area contributed by atoms with Crippen LogP contribution in [0.2, 0.25) is 0 Å². The Hall–Kier alpha value is -2.57. The lowest BCUT2D eigenvalue weighted by Gasteiger charge is -2.01. The average Bonchev–Trinajstić information content (AvgIpc) is 2.51. The van der Waals surface area contributed by atoms with Crippen LogP contribution < -0.4 is 0 Å². The van der Waals surface area contributed by atoms with Crippen LogP contribution in [-0.4, -0.2) is 30.0 Å². The number of phenols is 3. The van der Waals surface area contributed by atoms with Crippen molar-refractivity contribution < 1.29 is 34.6 Å². The van der Waals surface area contributed by atoms with Crippen molar-refractivity contribution in [3.8, 4) is 17.2 Å². The predicted molar refractivity (Wildman–Crippen MR) is 89.6 cm³/mol. The van der Waals surface area contributed by atoms with E-state index in [2.05, 4.69) is 0 Å². The Balaban J connectivity index is 0.000000205. The van der Waals surface area contributed by atoms with Gasteiger partial charge in [0.25, 0.3) is 0 Å². The molecule has 128 valence electrons. The lowest BCUT2D eigenvalue weighted by molar-refractivity contribution is 0.275. The number of hydrogen-bond acceptors (Lipinski definition) is 4. The molecule has 0 saturated heterocycles. The molecule has 0 radical (unpaired) electrons. The van der Waals surface area contributed by atoms with E-state index in [-0.39, 0.29) is 11.5 Å². The molecule has 0 fully saturated rings. The summed E-state index contributed by atoms with van der Waals surface area (Å²) in [5.74, 6) is 0.198. The molecule has 3 rings (SSSR count). The van der Waals surface area contributed by atoms with Crippen molar-refractivity contribution in [2.24, 2.45) is 0 Å². The van der Waals surface area contributed by atoms with Gasteiger partial charge in [0.15, 0.2) is 11.5 Å². The van der Waals surface area contributed by atoms with Gasteiger partial charge in [-0.3, -0.25) is 0 Å². The minimum Gasteiger partial charge on any atom is -0.508 e. The lowest BCUT2D eigenvalue weighted by Crippen LogP contribution is -1.73. The largest absolute Gasteiger partial charge is 0.508 e. The second-order valence-corrected chi connectivity index (χ2v) is 5.53. The molecular weight excluding hydrogens is 335 g/mol. The molecule has 0 spiro atoms. The number of phosphoric acid groups is 1. The van der Waals surface area contributed by atoms with Crippen molar-refractivity contribution in [3.63, 3.8) is 0 Å². The van der Waals surface area contributed by atoms with Gasteiger partial charge in [-0.15, -0.1) is 0 Å². The molecule has 0 aliphatic rings. The Morgan fingerprint density at radius 3 is 1.67 bits per heavy atom. The van der Waals surface area contributed by atoms with Gasteiger partial charge in [0.2, 0.25) is 0 Å². The molecule has 0 atom stereocenters. The topological polar surface area (TPSA) is 138 Å². The van der Waals surface area contributed by atoms with E-state index in [1.807, 2.05) is 24.3 Å². The highest BCUT2D eigenvalue weighted by Crippen LogP contribution is 2.32. The number of fused-ring (bicyclic) bond motifs is 1. The molecule has 7 nitrogen and oxygen atoms in total. The van der Waals surface area contributed by atoms with E-state index in [1.165, 1.54) is 6.07 Å². The highest BCUT2D eigenvalue weighted by Gasteiger charge is 2.02. The number of aromatic hydroxyl groups is 3. The maximum absolute atomic E-state index is 9.41. The van der Waals surface area contributed by atoms with Gasteiger partial charge in [0.1, 0.15) is 5.75 Å². The first-order valence-electron chi connectivity index (χ1n) is 6.60. The first-order chi connectivity index (χ1) is 11.2. The minimum atomic E-state index is -4.64. The Bertz CT molecular complexity index is 807. The summed E-state index contributed by atoms with van der Waals surface area (Å²) in [7, 11) is -4.64. The number of hydrogen-bond donors (Lipinski definition) is 6. The van der Waals surface area contributed by atoms with Crippen LogP contribution in [-0.2, 0) is 4.57 Å². The lowest BCUT2D eigenvalue weighted by atomic mass is 10.1. The molecule has 0 bridgehead atoms. The van der Waals surface area contributed by atoms with Gasteiger partial charge >= 0.3 is 7.82 Å². The molecule has 0 saturated carbocycles. The van der Waals surface area contributed by atoms with Crippen molar-refractivity contribution >= 4 is 18.6 Å². The quantitative estimate of drug-likeness (QED) is 0.270. The highest BCUT2D eigenvalue weighted by molar-refractivity contribution is 7.45. The molecule has 0 aliphatic carbocycles. The molecule has 0 heterocycles. The second kappa shape index (κ2) is 8.90. The molecule has 0 aromatic heterocycles. The van der Waals surface area contributed by atoms with E-state index in [9.17, 15) is 5.11 Å². The van der Waals surface area contributed by atoms with Crippen molar-refractivity contribution in [2.75, 3.05) is 0 Å². The van der Waals surface area contributed by atoms with E-state index < -0.39 is 7.82 Å². The zero-order valence-electron chi connectivity index (χ0n) is 12.4.